The Kier molecular flexibility index (Phi) is 3.04. The van der Waals surface area contributed by atoms with Crippen LogP contribution in [0.4, 0.5) is 0 Å². The highest BCUT2D eigenvalue weighted by Crippen LogP contribution is 2.33. The molecule has 2 rings (SSSR count). The molecule has 1 fully saturated rings. The van der Waals surface area contributed by atoms with E-state index in [-0.39, 0.29) is 13.0 Å². The first-order chi connectivity index (χ1) is 8.53. The number of nitrogens with zero attached hydrogens (tertiary/aromatic N) is 2. The SMILES string of the molecule is N#C[C@@]1(n2ccc(=O)[nH]c2=O)O[C@H](CO)C[C@H]1O. The molecule has 2 heterocycles. The molecule has 1 aliphatic rings. The molecule has 18 heavy (non-hydrogen) atoms. The maximum absolute atomic E-state index is 11.6. The Labute approximate surface area is 101 Å². The molecule has 3 N–H and O–H groups in total. The van der Waals surface area contributed by atoms with Gasteiger partial charge < -0.3 is 14.9 Å². The van der Waals surface area contributed by atoms with Crippen LogP contribution in [0.5, 0.6) is 0 Å². The van der Waals surface area contributed by atoms with Gasteiger partial charge in [0.1, 0.15) is 12.2 Å². The van der Waals surface area contributed by atoms with Crippen LogP contribution < -0.4 is 11.2 Å². The minimum atomic E-state index is -1.92. The van der Waals surface area contributed by atoms with E-state index >= 15 is 0 Å². The number of H-pyrrole nitrogens is 1. The van der Waals surface area contributed by atoms with Crippen molar-refractivity contribution in [2.75, 3.05) is 6.61 Å². The summed E-state index contributed by atoms with van der Waals surface area (Å²) in [6, 6.07) is 2.77. The third-order valence-electron chi connectivity index (χ3n) is 2.83. The molecule has 1 aromatic heterocycles. The summed E-state index contributed by atoms with van der Waals surface area (Å²) in [4.78, 5) is 24.6. The molecule has 0 aromatic carbocycles. The second-order valence-corrected chi connectivity index (χ2v) is 3.96. The van der Waals surface area contributed by atoms with Crippen LogP contribution in [0, 0.1) is 11.3 Å². The Morgan fingerprint density at radius 1 is 1.67 bits per heavy atom. The molecule has 0 amide bonds. The second kappa shape index (κ2) is 4.38. The number of hydrogen-bond acceptors (Lipinski definition) is 6. The first-order valence-corrected chi connectivity index (χ1v) is 5.24. The predicted molar refractivity (Wildman–Crippen MR) is 57.5 cm³/mol. The zero-order valence-electron chi connectivity index (χ0n) is 9.24. The van der Waals surface area contributed by atoms with Crippen LogP contribution in [0.1, 0.15) is 6.42 Å². The molecule has 0 radical (unpaired) electrons. The van der Waals surface area contributed by atoms with Crippen LogP contribution in [0.2, 0.25) is 0 Å². The minimum Gasteiger partial charge on any atom is -0.394 e. The lowest BCUT2D eigenvalue weighted by Crippen LogP contribution is -2.48. The molecule has 3 atom stereocenters. The van der Waals surface area contributed by atoms with Crippen molar-refractivity contribution in [1.29, 1.82) is 5.26 Å². The molecule has 1 saturated heterocycles. The van der Waals surface area contributed by atoms with E-state index in [1.807, 2.05) is 4.98 Å². The lowest BCUT2D eigenvalue weighted by molar-refractivity contribution is -0.109. The molecular weight excluding hydrogens is 242 g/mol. The first kappa shape index (κ1) is 12.5. The van der Waals surface area contributed by atoms with Crippen LogP contribution >= 0.6 is 0 Å². The first-order valence-electron chi connectivity index (χ1n) is 5.24. The van der Waals surface area contributed by atoms with E-state index in [9.17, 15) is 20.0 Å². The van der Waals surface area contributed by atoms with Gasteiger partial charge in [0.05, 0.1) is 12.7 Å². The van der Waals surface area contributed by atoms with Crippen molar-refractivity contribution in [3.05, 3.63) is 33.1 Å². The molecule has 1 aliphatic heterocycles. The van der Waals surface area contributed by atoms with Gasteiger partial charge in [-0.15, -0.1) is 0 Å². The number of aliphatic hydroxyl groups is 2. The number of rotatable bonds is 2. The summed E-state index contributed by atoms with van der Waals surface area (Å²) in [5.74, 6) is 0. The highest BCUT2D eigenvalue weighted by molar-refractivity contribution is 5.09. The van der Waals surface area contributed by atoms with Gasteiger partial charge in [0.15, 0.2) is 0 Å². The Balaban J connectivity index is 2.55. The molecule has 8 heteroatoms. The number of nitriles is 1. The van der Waals surface area contributed by atoms with E-state index in [0.29, 0.717) is 0 Å². The van der Waals surface area contributed by atoms with Gasteiger partial charge in [-0.2, -0.15) is 5.26 Å². The van der Waals surface area contributed by atoms with E-state index in [1.165, 1.54) is 0 Å². The fourth-order valence-electron chi connectivity index (χ4n) is 1.95. The molecule has 0 spiro atoms. The largest absolute Gasteiger partial charge is 0.394 e. The number of aliphatic hydroxyl groups excluding tert-OH is 2. The molecule has 0 bridgehead atoms. The molecule has 1 aromatic rings. The van der Waals surface area contributed by atoms with Gasteiger partial charge in [-0.25, -0.2) is 4.79 Å². The van der Waals surface area contributed by atoms with E-state index in [1.54, 1.807) is 6.07 Å². The number of aromatic nitrogens is 2. The Morgan fingerprint density at radius 2 is 2.39 bits per heavy atom. The third kappa shape index (κ3) is 1.74. The summed E-state index contributed by atoms with van der Waals surface area (Å²) in [5, 5.41) is 28.0. The summed E-state index contributed by atoms with van der Waals surface area (Å²) in [6.07, 6.45) is -0.912. The average Bonchev–Trinajstić information content (AvgIpc) is 2.67. The van der Waals surface area contributed by atoms with Gasteiger partial charge in [-0.05, 0) is 0 Å². The lowest BCUT2D eigenvalue weighted by Gasteiger charge is -2.26. The van der Waals surface area contributed by atoms with Crippen LogP contribution in [0.3, 0.4) is 0 Å². The van der Waals surface area contributed by atoms with Crippen molar-refractivity contribution in [2.45, 2.75) is 24.4 Å². The highest BCUT2D eigenvalue weighted by atomic mass is 16.6. The summed E-state index contributed by atoms with van der Waals surface area (Å²) < 4.78 is 6.06. The fraction of sp³-hybridized carbons (Fsp3) is 0.500. The highest BCUT2D eigenvalue weighted by Gasteiger charge is 2.51. The second-order valence-electron chi connectivity index (χ2n) is 3.96. The molecule has 8 nitrogen and oxygen atoms in total. The van der Waals surface area contributed by atoms with Crippen LogP contribution in [-0.2, 0) is 10.5 Å². The summed E-state index contributed by atoms with van der Waals surface area (Å²) in [7, 11) is 0. The smallest absolute Gasteiger partial charge is 0.331 e. The van der Waals surface area contributed by atoms with Crippen LogP contribution in [0.25, 0.3) is 0 Å². The molecule has 0 aliphatic carbocycles. The maximum Gasteiger partial charge on any atom is 0.331 e. The van der Waals surface area contributed by atoms with E-state index < -0.39 is 29.2 Å². The number of hydrogen-bond donors (Lipinski definition) is 3. The predicted octanol–water partition coefficient (Wildman–Crippen LogP) is -2.14. The van der Waals surface area contributed by atoms with Gasteiger partial charge in [0, 0.05) is 18.7 Å². The Morgan fingerprint density at radius 3 is 2.89 bits per heavy atom. The molecular formula is C10H11N3O5. The van der Waals surface area contributed by atoms with Crippen molar-refractivity contribution in [3.63, 3.8) is 0 Å². The van der Waals surface area contributed by atoms with Gasteiger partial charge >= 0.3 is 5.69 Å². The number of ether oxygens (including phenoxy) is 1. The van der Waals surface area contributed by atoms with Crippen molar-refractivity contribution in [2.24, 2.45) is 0 Å². The van der Waals surface area contributed by atoms with Crippen molar-refractivity contribution in [1.82, 2.24) is 9.55 Å². The number of aromatic amines is 1. The van der Waals surface area contributed by atoms with Crippen molar-refractivity contribution >= 4 is 0 Å². The van der Waals surface area contributed by atoms with Crippen LogP contribution in [-0.4, -0.2) is 38.6 Å². The van der Waals surface area contributed by atoms with E-state index in [2.05, 4.69) is 0 Å². The average molecular weight is 253 g/mol. The van der Waals surface area contributed by atoms with Gasteiger partial charge in [-0.1, -0.05) is 0 Å². The molecule has 0 saturated carbocycles. The minimum absolute atomic E-state index is 0.0234. The molecule has 0 unspecified atom stereocenters. The van der Waals surface area contributed by atoms with Crippen LogP contribution in [0.15, 0.2) is 21.9 Å². The van der Waals surface area contributed by atoms with Crippen molar-refractivity contribution in [3.8, 4) is 6.07 Å². The number of nitrogens with one attached hydrogen (secondary N) is 1. The monoisotopic (exact) mass is 253 g/mol. The zero-order valence-corrected chi connectivity index (χ0v) is 9.24. The fourth-order valence-corrected chi connectivity index (χ4v) is 1.95. The quantitative estimate of drug-likeness (QED) is 0.551. The van der Waals surface area contributed by atoms with Gasteiger partial charge in [-0.3, -0.25) is 14.3 Å². The lowest BCUT2D eigenvalue weighted by atomic mass is 10.1. The Bertz CT molecular complexity index is 601. The maximum atomic E-state index is 11.6. The topological polar surface area (TPSA) is 128 Å². The summed E-state index contributed by atoms with van der Waals surface area (Å²) in [6.45, 7) is -0.376. The van der Waals surface area contributed by atoms with Crippen molar-refractivity contribution < 1.29 is 14.9 Å². The van der Waals surface area contributed by atoms with E-state index in [4.69, 9.17) is 9.84 Å². The normalized spacial score (nSPS) is 31.2. The van der Waals surface area contributed by atoms with E-state index in [0.717, 1.165) is 16.8 Å². The third-order valence-corrected chi connectivity index (χ3v) is 2.83. The van der Waals surface area contributed by atoms with Gasteiger partial charge in [0.25, 0.3) is 11.3 Å². The zero-order chi connectivity index (χ0) is 13.3. The summed E-state index contributed by atoms with van der Waals surface area (Å²) in [5.41, 5.74) is -3.40. The molecule has 96 valence electrons. The van der Waals surface area contributed by atoms with Gasteiger partial charge in [0.2, 0.25) is 0 Å². The Hall–Kier alpha value is -1.95. The summed E-state index contributed by atoms with van der Waals surface area (Å²) >= 11 is 0. The standard InChI is InChI=1S/C10H11N3O5/c11-5-10(7(15)3-6(4-14)18-10)13-2-1-8(16)12-9(13)17/h1-2,6-7,14-15H,3-4H2,(H,12,16,17)/t6-,7+,10+/m0/s1.